The van der Waals surface area contributed by atoms with Crippen molar-refractivity contribution in [2.45, 2.75) is 189 Å². The van der Waals surface area contributed by atoms with Gasteiger partial charge in [0.15, 0.2) is 0 Å². The molecule has 0 bridgehead atoms. The van der Waals surface area contributed by atoms with Crippen LogP contribution in [-0.4, -0.2) is 124 Å². The summed E-state index contributed by atoms with van der Waals surface area (Å²) in [4.78, 5) is 171. The van der Waals surface area contributed by atoms with Gasteiger partial charge in [-0.15, -0.1) is 0 Å². The average molecular weight is 1510 g/mol. The Kier molecular flexibility index (Phi) is 34.8. The largest absolute Gasteiger partial charge is 0.465 e. The topological polar surface area (TPSA) is 342 Å². The summed E-state index contributed by atoms with van der Waals surface area (Å²) in [5.41, 5.74) is -0.450. The molecular weight excluding hydrogens is 1400 g/mol. The second-order valence-corrected chi connectivity index (χ2v) is 28.5. The quantitative estimate of drug-likeness (QED) is 0.0169. The van der Waals surface area contributed by atoms with E-state index >= 15 is 0 Å². The molecule has 26 nitrogen and oxygen atoms in total. The molecule has 0 aromatic heterocycles. The number of ether oxygens (including phenoxy) is 13. The number of rotatable bonds is 38. The van der Waals surface area contributed by atoms with Crippen molar-refractivity contribution in [3.05, 3.63) is 96.6 Å². The number of hydrogen-bond acceptors (Lipinski definition) is 26. The number of carbonyl (C=O) groups excluding carboxylic acids is 13. The summed E-state index contributed by atoms with van der Waals surface area (Å²) in [6, 6.07) is 12.1. The second kappa shape index (κ2) is 43.9. The zero-order chi connectivity index (χ0) is 78.2. The Hall–Kier alpha value is -9.75. The predicted molar refractivity (Wildman–Crippen MR) is 387 cm³/mol. The molecule has 0 N–H and O–H groups in total. The van der Waals surface area contributed by atoms with Crippen molar-refractivity contribution in [1.82, 2.24) is 0 Å². The summed E-state index contributed by atoms with van der Waals surface area (Å²) in [6.07, 6.45) is 11.0. The fourth-order valence-electron chi connectivity index (χ4n) is 12.6. The third kappa shape index (κ3) is 26.9. The Balaban J connectivity index is 0.901. The lowest BCUT2D eigenvalue weighted by atomic mass is 9.82. The van der Waals surface area contributed by atoms with Crippen LogP contribution in [0.15, 0.2) is 79.9 Å². The third-order valence-corrected chi connectivity index (χ3v) is 20.4. The molecule has 7 rings (SSSR count). The van der Waals surface area contributed by atoms with Crippen molar-refractivity contribution < 1.29 is 124 Å². The van der Waals surface area contributed by atoms with Crippen LogP contribution in [0.25, 0.3) is 0 Å². The van der Waals surface area contributed by atoms with Gasteiger partial charge in [-0.2, -0.15) is 0 Å². The Morgan fingerprint density at radius 3 is 0.750 bits per heavy atom. The molecule has 0 saturated heterocycles. The van der Waals surface area contributed by atoms with E-state index in [1.165, 1.54) is 54.6 Å². The van der Waals surface area contributed by atoms with E-state index in [0.717, 1.165) is 25.0 Å². The van der Waals surface area contributed by atoms with Crippen molar-refractivity contribution in [3.8, 4) is 34.5 Å². The van der Waals surface area contributed by atoms with E-state index in [9.17, 15) is 62.3 Å². The van der Waals surface area contributed by atoms with Crippen molar-refractivity contribution in [2.75, 3.05) is 46.2 Å². The van der Waals surface area contributed by atoms with Gasteiger partial charge in [-0.25, -0.2) is 24.0 Å². The fourth-order valence-corrected chi connectivity index (χ4v) is 12.6. The maximum absolute atomic E-state index is 13.9. The Morgan fingerprint density at radius 2 is 0.528 bits per heavy atom. The monoisotopic (exact) mass is 1500 g/mol. The molecule has 0 spiro atoms. The molecule has 4 saturated carbocycles. The lowest BCUT2D eigenvalue weighted by molar-refractivity contribution is -0.152. The minimum Gasteiger partial charge on any atom is -0.465 e. The van der Waals surface area contributed by atoms with Gasteiger partial charge in [-0.3, -0.25) is 38.4 Å². The van der Waals surface area contributed by atoms with Crippen molar-refractivity contribution >= 4 is 77.6 Å². The third-order valence-electron chi connectivity index (χ3n) is 20.4. The molecule has 0 heterocycles. The van der Waals surface area contributed by atoms with Gasteiger partial charge < -0.3 is 61.6 Å². The second-order valence-electron chi connectivity index (χ2n) is 28.5. The summed E-state index contributed by atoms with van der Waals surface area (Å²) in [7, 11) is 0. The van der Waals surface area contributed by atoms with Gasteiger partial charge in [0.25, 0.3) is 0 Å². The van der Waals surface area contributed by atoms with Crippen molar-refractivity contribution in [1.29, 1.82) is 0 Å². The first kappa shape index (κ1) is 85.5. The minimum absolute atomic E-state index is 0.00231. The molecule has 3 aromatic carbocycles. The molecule has 26 heteroatoms. The molecular formula is C82H104O26. The van der Waals surface area contributed by atoms with Crippen molar-refractivity contribution in [3.63, 3.8) is 0 Å². The van der Waals surface area contributed by atoms with Crippen molar-refractivity contribution in [2.24, 2.45) is 65.1 Å². The molecule has 0 amide bonds. The van der Waals surface area contributed by atoms with Gasteiger partial charge in [0.2, 0.25) is 0 Å². The highest BCUT2D eigenvalue weighted by Crippen LogP contribution is 2.39. The van der Waals surface area contributed by atoms with E-state index < -0.39 is 113 Å². The summed E-state index contributed by atoms with van der Waals surface area (Å²) in [5, 5.41) is 0. The molecule has 588 valence electrons. The highest BCUT2D eigenvalue weighted by Gasteiger charge is 2.38. The van der Waals surface area contributed by atoms with Crippen LogP contribution >= 0.6 is 0 Å². The smallest absolute Gasteiger partial charge is 0.342 e. The molecule has 3 unspecified atom stereocenters. The summed E-state index contributed by atoms with van der Waals surface area (Å²) in [6.45, 7) is 19.1. The average Bonchev–Trinajstić information content (AvgIpc) is 0.824. The van der Waals surface area contributed by atoms with Crippen LogP contribution in [0.3, 0.4) is 0 Å². The van der Waals surface area contributed by atoms with Gasteiger partial charge in [0.05, 0.1) is 93.6 Å². The maximum Gasteiger partial charge on any atom is 0.342 e. The highest BCUT2D eigenvalue weighted by atomic mass is 16.6. The molecule has 4 aliphatic carbocycles. The normalized spacial score (nSPS) is 20.5. The summed E-state index contributed by atoms with van der Waals surface area (Å²) >= 11 is 0. The molecule has 0 radical (unpaired) electrons. The Bertz CT molecular complexity index is 3630. The predicted octanol–water partition coefficient (Wildman–Crippen LogP) is 13.5. The van der Waals surface area contributed by atoms with E-state index in [2.05, 4.69) is 13.2 Å². The van der Waals surface area contributed by atoms with Crippen LogP contribution in [-0.2, 0) is 81.1 Å². The molecule has 4 fully saturated rings. The van der Waals surface area contributed by atoms with Gasteiger partial charge in [0, 0.05) is 12.2 Å². The van der Waals surface area contributed by atoms with Crippen LogP contribution in [0.4, 0.5) is 0 Å². The summed E-state index contributed by atoms with van der Waals surface area (Å²) in [5.74, 6) is -12.9. The van der Waals surface area contributed by atoms with Gasteiger partial charge in [0.1, 0.15) is 51.2 Å². The van der Waals surface area contributed by atoms with E-state index in [0.29, 0.717) is 83.5 Å². The molecule has 108 heavy (non-hydrogen) atoms. The minimum atomic E-state index is -0.830. The van der Waals surface area contributed by atoms with Crippen LogP contribution in [0, 0.1) is 65.1 Å². The zero-order valence-electron chi connectivity index (χ0n) is 62.9. The zero-order valence-corrected chi connectivity index (χ0v) is 62.9. The number of hydrogen-bond donors (Lipinski definition) is 0. The summed E-state index contributed by atoms with van der Waals surface area (Å²) < 4.78 is 72.5. The lowest BCUT2D eigenvalue weighted by Gasteiger charge is -2.27. The Morgan fingerprint density at radius 1 is 0.315 bits per heavy atom. The molecule has 3 atom stereocenters. The SMILES string of the molecule is C=CC(=O)OCCCCOC(=O)C1CCC(C(=O)Oc2ccc(OC(=O)C3CCC(C(=O)Oc4ccc(OC(=O)C5CCC(C(=O)Oc6ccc(OC(=O)C7CCC(C(=O)OCCCCOC(=O)C=C)CC7)c(C(=O)OCC(C)CC)c6)CC5)cc4C(=O)OCC(C)CC)CC3)c(C(=O)OCC(C)CC)c2)CC1. The maximum atomic E-state index is 13.9. The fraction of sp³-hybridized carbons (Fsp3) is 0.573. The van der Waals surface area contributed by atoms with Crippen LogP contribution in [0.5, 0.6) is 34.5 Å². The number of carbonyl (C=O) groups is 13. The van der Waals surface area contributed by atoms with Crippen LogP contribution in [0.2, 0.25) is 0 Å². The number of unbranched alkanes of at least 4 members (excludes halogenated alkanes) is 2. The van der Waals surface area contributed by atoms with Gasteiger partial charge >= 0.3 is 77.6 Å². The highest BCUT2D eigenvalue weighted by molar-refractivity contribution is 5.97. The lowest BCUT2D eigenvalue weighted by Crippen LogP contribution is -2.31. The number of esters is 13. The Labute approximate surface area is 630 Å². The molecule has 0 aliphatic heterocycles. The molecule has 3 aromatic rings. The van der Waals surface area contributed by atoms with Crippen LogP contribution in [0.1, 0.15) is 220 Å². The van der Waals surface area contributed by atoms with Gasteiger partial charge in [-0.1, -0.05) is 74.0 Å². The van der Waals surface area contributed by atoms with Crippen LogP contribution < -0.4 is 28.4 Å². The number of benzene rings is 3. The van der Waals surface area contributed by atoms with E-state index in [4.69, 9.17) is 61.6 Å². The first-order valence-corrected chi connectivity index (χ1v) is 38.1. The van der Waals surface area contributed by atoms with E-state index in [1.54, 1.807) is 0 Å². The first-order chi connectivity index (χ1) is 51.9. The van der Waals surface area contributed by atoms with E-state index in [1.807, 2.05) is 41.5 Å². The standard InChI is InChI=1S/C82H104O26/c1-9-50(6)47-100-80(93)64-45-62(35-37-67(64)106-77(90)58-24-20-54(21-25-58)73(86)99-43-17-15-41-97-71(84)13-5)104-75(88)56-26-28-57(29-27-56)76(89)105-63-36-39-69(66(46-63)82(95)102-49-52(8)11-3)108-79(92)60-32-30-59(31-33-60)78(91)107-68-38-34-61(44-65(68)81(94)101-48-51(7)10-2)103-74(87)55-22-18-53(19-23-55)72(85)98-42-16-14-40-96-70(83)12-4/h12-13,34-39,44-46,50-60H,4-5,9-11,14-33,40-43,47-49H2,1-3,6-8H3. The molecule has 4 aliphatic rings. The van der Waals surface area contributed by atoms with E-state index in [-0.39, 0.29) is 178 Å². The first-order valence-electron chi connectivity index (χ1n) is 38.1. The van der Waals surface area contributed by atoms with Gasteiger partial charge in [-0.05, 0) is 201 Å².